The summed E-state index contributed by atoms with van der Waals surface area (Å²) in [5.74, 6) is 0. The Balaban J connectivity index is 2.96. The van der Waals surface area contributed by atoms with Crippen LogP contribution in [-0.4, -0.2) is 0 Å². The van der Waals surface area contributed by atoms with Crippen LogP contribution in [0.25, 0.3) is 10.1 Å². The molecule has 12 heavy (non-hydrogen) atoms. The molecule has 4 heteroatoms. The summed E-state index contributed by atoms with van der Waals surface area (Å²) < 4.78 is 2.34. The Morgan fingerprint density at radius 3 is 2.92 bits per heavy atom. The summed E-state index contributed by atoms with van der Waals surface area (Å²) in [7, 11) is 0. The molecule has 1 aromatic carbocycles. The van der Waals surface area contributed by atoms with E-state index in [9.17, 15) is 0 Å². The zero-order valence-electron chi connectivity index (χ0n) is 5.84. The molecule has 0 nitrogen and oxygen atoms in total. The second-order valence-corrected chi connectivity index (χ2v) is 5.28. The fraction of sp³-hybridized carbons (Fsp3) is 0. The van der Waals surface area contributed by atoms with Gasteiger partial charge in [-0.3, -0.25) is 0 Å². The highest BCUT2D eigenvalue weighted by molar-refractivity contribution is 14.1. The van der Waals surface area contributed by atoms with Crippen LogP contribution in [0.3, 0.4) is 0 Å². The van der Waals surface area contributed by atoms with Crippen LogP contribution >= 0.6 is 58.2 Å². The molecule has 2 aromatic rings. The van der Waals surface area contributed by atoms with Crippen LogP contribution in [0.1, 0.15) is 0 Å². The Labute approximate surface area is 98.5 Å². The molecule has 0 atom stereocenters. The Kier molecular flexibility index (Phi) is 2.56. The Morgan fingerprint density at radius 1 is 1.42 bits per heavy atom. The van der Waals surface area contributed by atoms with Gasteiger partial charge >= 0.3 is 0 Å². The van der Waals surface area contributed by atoms with Gasteiger partial charge in [-0.1, -0.05) is 11.6 Å². The highest BCUT2D eigenvalue weighted by Gasteiger charge is 2.07. The maximum atomic E-state index is 6.01. The van der Waals surface area contributed by atoms with E-state index in [0.717, 1.165) is 18.9 Å². The van der Waals surface area contributed by atoms with Gasteiger partial charge in [0, 0.05) is 23.9 Å². The van der Waals surface area contributed by atoms with Gasteiger partial charge in [-0.2, -0.15) is 0 Å². The van der Waals surface area contributed by atoms with Crippen molar-refractivity contribution in [2.45, 2.75) is 4.90 Å². The molecule has 0 fully saturated rings. The van der Waals surface area contributed by atoms with Gasteiger partial charge in [0.05, 0.1) is 5.02 Å². The van der Waals surface area contributed by atoms with Gasteiger partial charge in [0.1, 0.15) is 0 Å². The van der Waals surface area contributed by atoms with Gasteiger partial charge in [-0.15, -0.1) is 24.0 Å². The molecule has 2 rings (SSSR count). The minimum Gasteiger partial charge on any atom is -0.142 e. The predicted octanol–water partition coefficient (Wildman–Crippen LogP) is 4.45. The lowest BCUT2D eigenvalue weighted by Crippen LogP contribution is -1.75. The molecular formula is C8H4ClIS2. The van der Waals surface area contributed by atoms with Gasteiger partial charge < -0.3 is 0 Å². The standard InChI is InChI=1S/C8H4ClIS2/c9-4-3-12-6-2-1-5(10)8(11)7(4)6/h1-3,11H. The van der Waals surface area contributed by atoms with Gasteiger partial charge in [-0.05, 0) is 34.7 Å². The average molecular weight is 327 g/mol. The second-order valence-electron chi connectivity index (χ2n) is 2.35. The van der Waals surface area contributed by atoms with Crippen molar-refractivity contribution in [3.63, 3.8) is 0 Å². The lowest BCUT2D eigenvalue weighted by molar-refractivity contribution is 1.51. The monoisotopic (exact) mass is 326 g/mol. The molecule has 0 saturated carbocycles. The van der Waals surface area contributed by atoms with Crippen molar-refractivity contribution in [1.29, 1.82) is 0 Å². The molecule has 0 aliphatic heterocycles. The number of hydrogen-bond donors (Lipinski definition) is 1. The van der Waals surface area contributed by atoms with Crippen molar-refractivity contribution < 1.29 is 0 Å². The van der Waals surface area contributed by atoms with Crippen molar-refractivity contribution in [2.24, 2.45) is 0 Å². The first-order valence-corrected chi connectivity index (χ1v) is 6.02. The van der Waals surface area contributed by atoms with Crippen molar-refractivity contribution >= 4 is 68.2 Å². The van der Waals surface area contributed by atoms with E-state index >= 15 is 0 Å². The summed E-state index contributed by atoms with van der Waals surface area (Å²) in [6.45, 7) is 0. The topological polar surface area (TPSA) is 0 Å². The Bertz CT molecular complexity index is 436. The quantitative estimate of drug-likeness (QED) is 0.537. The molecular weight excluding hydrogens is 323 g/mol. The van der Waals surface area contributed by atoms with E-state index in [0.29, 0.717) is 0 Å². The summed E-state index contributed by atoms with van der Waals surface area (Å²) in [5, 5.41) is 3.83. The van der Waals surface area contributed by atoms with Crippen LogP contribution in [-0.2, 0) is 0 Å². The second kappa shape index (κ2) is 3.36. The fourth-order valence-corrected chi connectivity index (χ4v) is 3.17. The molecule has 62 valence electrons. The molecule has 1 aromatic heterocycles. The zero-order valence-corrected chi connectivity index (χ0v) is 10.5. The average Bonchev–Trinajstić information content (AvgIpc) is 2.41. The molecule has 0 saturated heterocycles. The predicted molar refractivity (Wildman–Crippen MR) is 66.8 cm³/mol. The van der Waals surface area contributed by atoms with E-state index in [-0.39, 0.29) is 0 Å². The number of rotatable bonds is 0. The molecule has 0 aliphatic carbocycles. The number of thiophene rings is 1. The lowest BCUT2D eigenvalue weighted by Gasteiger charge is -1.98. The third kappa shape index (κ3) is 1.36. The van der Waals surface area contributed by atoms with Crippen molar-refractivity contribution in [2.75, 3.05) is 0 Å². The molecule has 0 radical (unpaired) electrons. The molecule has 0 spiro atoms. The summed E-state index contributed by atoms with van der Waals surface area (Å²) in [4.78, 5) is 0.986. The van der Waals surface area contributed by atoms with E-state index < -0.39 is 0 Å². The smallest absolute Gasteiger partial charge is 0.0603 e. The van der Waals surface area contributed by atoms with Gasteiger partial charge in [0.15, 0.2) is 0 Å². The highest BCUT2D eigenvalue weighted by Crippen LogP contribution is 2.36. The van der Waals surface area contributed by atoms with Crippen molar-refractivity contribution in [3.05, 3.63) is 26.1 Å². The number of halogens is 2. The molecule has 0 unspecified atom stereocenters. The van der Waals surface area contributed by atoms with Gasteiger partial charge in [0.25, 0.3) is 0 Å². The van der Waals surface area contributed by atoms with Gasteiger partial charge in [0.2, 0.25) is 0 Å². The first-order valence-electron chi connectivity index (χ1n) is 3.24. The SMILES string of the molecule is Sc1c(I)ccc2scc(Cl)c12. The fourth-order valence-electron chi connectivity index (χ4n) is 1.05. The minimum atomic E-state index is 0.804. The normalized spacial score (nSPS) is 10.9. The largest absolute Gasteiger partial charge is 0.142 e. The molecule has 0 aliphatic rings. The molecule has 0 bridgehead atoms. The van der Waals surface area contributed by atoms with E-state index in [1.807, 2.05) is 5.38 Å². The number of hydrogen-bond acceptors (Lipinski definition) is 2. The zero-order chi connectivity index (χ0) is 8.72. The van der Waals surface area contributed by atoms with Crippen LogP contribution in [0.15, 0.2) is 22.4 Å². The Morgan fingerprint density at radius 2 is 2.17 bits per heavy atom. The minimum absolute atomic E-state index is 0.804. The summed E-state index contributed by atoms with van der Waals surface area (Å²) in [6, 6.07) is 4.13. The summed E-state index contributed by atoms with van der Waals surface area (Å²) >= 11 is 14.3. The Hall–Kier alpha value is 0.550. The third-order valence-electron chi connectivity index (χ3n) is 1.62. The van der Waals surface area contributed by atoms with Crippen LogP contribution in [0.2, 0.25) is 5.02 Å². The third-order valence-corrected chi connectivity index (χ3v) is 4.78. The van der Waals surface area contributed by atoms with E-state index in [2.05, 4.69) is 47.4 Å². The maximum absolute atomic E-state index is 6.01. The first-order chi connectivity index (χ1) is 5.70. The van der Waals surface area contributed by atoms with Crippen LogP contribution in [0.5, 0.6) is 0 Å². The molecule has 1 heterocycles. The first kappa shape index (κ1) is 9.12. The molecule has 0 N–H and O–H groups in total. The van der Waals surface area contributed by atoms with E-state index in [1.165, 1.54) is 4.70 Å². The van der Waals surface area contributed by atoms with Crippen molar-refractivity contribution in [3.8, 4) is 0 Å². The number of thiol groups is 1. The van der Waals surface area contributed by atoms with E-state index in [4.69, 9.17) is 11.6 Å². The van der Waals surface area contributed by atoms with Crippen LogP contribution < -0.4 is 0 Å². The summed E-state index contributed by atoms with van der Waals surface area (Å²) in [5.41, 5.74) is 0. The van der Waals surface area contributed by atoms with Gasteiger partial charge in [-0.25, -0.2) is 0 Å². The van der Waals surface area contributed by atoms with E-state index in [1.54, 1.807) is 11.3 Å². The maximum Gasteiger partial charge on any atom is 0.0603 e. The number of benzene rings is 1. The molecule has 0 amide bonds. The lowest BCUT2D eigenvalue weighted by atomic mass is 10.3. The van der Waals surface area contributed by atoms with Crippen LogP contribution in [0, 0.1) is 3.57 Å². The van der Waals surface area contributed by atoms with Crippen LogP contribution in [0.4, 0.5) is 0 Å². The summed E-state index contributed by atoms with van der Waals surface area (Å²) in [6.07, 6.45) is 0. The highest BCUT2D eigenvalue weighted by atomic mass is 127. The van der Waals surface area contributed by atoms with Crippen molar-refractivity contribution in [1.82, 2.24) is 0 Å². The number of fused-ring (bicyclic) bond motifs is 1.